The van der Waals surface area contributed by atoms with Gasteiger partial charge in [-0.15, -0.1) is 0 Å². The molecule has 1 aliphatic rings. The van der Waals surface area contributed by atoms with Crippen molar-refractivity contribution in [3.05, 3.63) is 22.8 Å². The average Bonchev–Trinajstić information content (AvgIpc) is 2.44. The zero-order valence-electron chi connectivity index (χ0n) is 12.7. The zero-order valence-corrected chi connectivity index (χ0v) is 13.5. The molecule has 1 aliphatic heterocycles. The molecule has 1 unspecified atom stereocenters. The second-order valence-electron chi connectivity index (χ2n) is 5.55. The summed E-state index contributed by atoms with van der Waals surface area (Å²) in [5.41, 5.74) is 0.948. The van der Waals surface area contributed by atoms with Crippen molar-refractivity contribution in [3.8, 4) is 0 Å². The number of piperazine rings is 1. The maximum atomic E-state index is 6.24. The van der Waals surface area contributed by atoms with Gasteiger partial charge in [0.1, 0.15) is 5.82 Å². The van der Waals surface area contributed by atoms with Crippen LogP contribution in [0.3, 0.4) is 0 Å². The van der Waals surface area contributed by atoms with Crippen LogP contribution in [0.1, 0.15) is 26.0 Å². The number of likely N-dealkylation sites (N-methyl/N-ethyl adjacent to an activating group) is 1. The number of hydrogen-bond donors (Lipinski definition) is 1. The average molecular weight is 297 g/mol. The highest BCUT2D eigenvalue weighted by molar-refractivity contribution is 6.31. The van der Waals surface area contributed by atoms with Crippen LogP contribution in [0.4, 0.5) is 5.82 Å². The number of nitrogens with one attached hydrogen (secondary N) is 1. The number of halogens is 1. The van der Waals surface area contributed by atoms with Gasteiger partial charge in [-0.25, -0.2) is 4.98 Å². The number of rotatable bonds is 5. The van der Waals surface area contributed by atoms with E-state index in [1.165, 1.54) is 0 Å². The van der Waals surface area contributed by atoms with Crippen molar-refractivity contribution in [2.75, 3.05) is 38.1 Å². The summed E-state index contributed by atoms with van der Waals surface area (Å²) in [6, 6.07) is 4.56. The Bertz CT molecular complexity index is 438. The number of anilines is 1. The summed E-state index contributed by atoms with van der Waals surface area (Å²) in [6.45, 7) is 9.27. The van der Waals surface area contributed by atoms with Crippen molar-refractivity contribution in [2.45, 2.75) is 32.9 Å². The van der Waals surface area contributed by atoms with E-state index in [1.54, 1.807) is 0 Å². The number of pyridine rings is 1. The first-order valence-corrected chi connectivity index (χ1v) is 7.81. The van der Waals surface area contributed by atoms with Crippen molar-refractivity contribution in [2.24, 2.45) is 0 Å². The predicted molar refractivity (Wildman–Crippen MR) is 85.5 cm³/mol. The molecule has 112 valence electrons. The van der Waals surface area contributed by atoms with Gasteiger partial charge in [0.25, 0.3) is 0 Å². The molecule has 1 aromatic rings. The van der Waals surface area contributed by atoms with Crippen LogP contribution in [-0.4, -0.2) is 49.2 Å². The van der Waals surface area contributed by atoms with Gasteiger partial charge in [-0.1, -0.05) is 18.5 Å². The topological polar surface area (TPSA) is 31.4 Å². The Hall–Kier alpha value is -0.840. The zero-order chi connectivity index (χ0) is 14.5. The van der Waals surface area contributed by atoms with E-state index in [-0.39, 0.29) is 0 Å². The molecule has 2 heterocycles. The van der Waals surface area contributed by atoms with E-state index >= 15 is 0 Å². The Kier molecular flexibility index (Phi) is 5.64. The third-order valence-electron chi connectivity index (χ3n) is 3.91. The molecule has 1 atom stereocenters. The van der Waals surface area contributed by atoms with Crippen LogP contribution in [0.2, 0.25) is 5.02 Å². The van der Waals surface area contributed by atoms with Crippen molar-refractivity contribution in [1.82, 2.24) is 15.2 Å². The van der Waals surface area contributed by atoms with Crippen LogP contribution < -0.4 is 10.2 Å². The molecule has 1 saturated heterocycles. The first-order valence-electron chi connectivity index (χ1n) is 7.43. The summed E-state index contributed by atoms with van der Waals surface area (Å²) < 4.78 is 0. The molecule has 5 heteroatoms. The third kappa shape index (κ3) is 3.84. The lowest BCUT2D eigenvalue weighted by Gasteiger charge is -2.38. The summed E-state index contributed by atoms with van der Waals surface area (Å²) in [4.78, 5) is 9.48. The molecular weight excluding hydrogens is 272 g/mol. The summed E-state index contributed by atoms with van der Waals surface area (Å²) in [5, 5.41) is 4.11. The Morgan fingerprint density at radius 1 is 1.40 bits per heavy atom. The van der Waals surface area contributed by atoms with Gasteiger partial charge in [0.05, 0.1) is 10.7 Å². The van der Waals surface area contributed by atoms with Gasteiger partial charge in [-0.2, -0.15) is 0 Å². The Morgan fingerprint density at radius 3 is 2.90 bits per heavy atom. The molecule has 2 rings (SSSR count). The Morgan fingerprint density at radius 2 is 2.20 bits per heavy atom. The predicted octanol–water partition coefficient (Wildman–Crippen LogP) is 2.37. The van der Waals surface area contributed by atoms with Crippen LogP contribution in [-0.2, 0) is 6.54 Å². The lowest BCUT2D eigenvalue weighted by molar-refractivity contribution is 0.233. The van der Waals surface area contributed by atoms with E-state index in [9.17, 15) is 0 Å². The molecule has 0 aliphatic carbocycles. The molecule has 0 amide bonds. The van der Waals surface area contributed by atoms with Crippen LogP contribution in [0, 0.1) is 0 Å². The standard InChI is InChI=1S/C15H25ClN4/c1-4-7-17-10-14-13(16)5-6-15(18-14)20-9-8-19(3)12(2)11-20/h5-6,12,17H,4,7-11H2,1-3H3. The van der Waals surface area contributed by atoms with Crippen LogP contribution >= 0.6 is 11.6 Å². The summed E-state index contributed by atoms with van der Waals surface area (Å²) in [6.07, 6.45) is 1.12. The SMILES string of the molecule is CCCNCc1nc(N2CCN(C)C(C)C2)ccc1Cl. The lowest BCUT2D eigenvalue weighted by atomic mass is 10.2. The van der Waals surface area contributed by atoms with E-state index in [2.05, 4.69) is 36.0 Å². The first kappa shape index (κ1) is 15.5. The summed E-state index contributed by atoms with van der Waals surface area (Å²) in [5.74, 6) is 1.04. The van der Waals surface area contributed by atoms with Crippen molar-refractivity contribution < 1.29 is 0 Å². The minimum atomic E-state index is 0.558. The van der Waals surface area contributed by atoms with Crippen LogP contribution in [0.15, 0.2) is 12.1 Å². The van der Waals surface area contributed by atoms with Crippen molar-refractivity contribution >= 4 is 17.4 Å². The molecule has 0 aromatic carbocycles. The summed E-state index contributed by atoms with van der Waals surface area (Å²) >= 11 is 6.24. The smallest absolute Gasteiger partial charge is 0.129 e. The molecule has 0 spiro atoms. The van der Waals surface area contributed by atoms with Crippen molar-refractivity contribution in [1.29, 1.82) is 0 Å². The number of hydrogen-bond acceptors (Lipinski definition) is 4. The molecule has 0 bridgehead atoms. The van der Waals surface area contributed by atoms with Gasteiger partial charge in [-0.3, -0.25) is 0 Å². The van der Waals surface area contributed by atoms with Gasteiger partial charge >= 0.3 is 0 Å². The first-order chi connectivity index (χ1) is 9.61. The molecular formula is C15H25ClN4. The fourth-order valence-electron chi connectivity index (χ4n) is 2.41. The second kappa shape index (κ2) is 7.25. The van der Waals surface area contributed by atoms with Gasteiger partial charge < -0.3 is 15.1 Å². The van der Waals surface area contributed by atoms with E-state index in [0.717, 1.165) is 55.7 Å². The normalized spacial score (nSPS) is 20.4. The van der Waals surface area contributed by atoms with Gasteiger partial charge in [0.2, 0.25) is 0 Å². The van der Waals surface area contributed by atoms with Crippen LogP contribution in [0.5, 0.6) is 0 Å². The van der Waals surface area contributed by atoms with E-state index < -0.39 is 0 Å². The fourth-order valence-corrected chi connectivity index (χ4v) is 2.59. The molecule has 0 radical (unpaired) electrons. The maximum absolute atomic E-state index is 6.24. The largest absolute Gasteiger partial charge is 0.354 e. The van der Waals surface area contributed by atoms with E-state index in [4.69, 9.17) is 16.6 Å². The lowest BCUT2D eigenvalue weighted by Crippen LogP contribution is -2.50. The Balaban J connectivity index is 2.06. The number of aromatic nitrogens is 1. The quantitative estimate of drug-likeness (QED) is 0.846. The maximum Gasteiger partial charge on any atom is 0.129 e. The molecule has 1 N–H and O–H groups in total. The summed E-state index contributed by atoms with van der Waals surface area (Å²) in [7, 11) is 2.18. The molecule has 1 aromatic heterocycles. The highest BCUT2D eigenvalue weighted by Crippen LogP contribution is 2.21. The molecule has 20 heavy (non-hydrogen) atoms. The van der Waals surface area contributed by atoms with E-state index in [1.807, 2.05) is 12.1 Å². The van der Waals surface area contributed by atoms with Gasteiger partial charge in [0, 0.05) is 32.2 Å². The minimum absolute atomic E-state index is 0.558. The minimum Gasteiger partial charge on any atom is -0.354 e. The van der Waals surface area contributed by atoms with Crippen LogP contribution in [0.25, 0.3) is 0 Å². The van der Waals surface area contributed by atoms with E-state index in [0.29, 0.717) is 6.04 Å². The Labute approximate surface area is 127 Å². The third-order valence-corrected chi connectivity index (χ3v) is 4.25. The highest BCUT2D eigenvalue weighted by atomic mass is 35.5. The highest BCUT2D eigenvalue weighted by Gasteiger charge is 2.21. The number of nitrogens with zero attached hydrogens (tertiary/aromatic N) is 3. The molecule has 1 fully saturated rings. The molecule has 0 saturated carbocycles. The van der Waals surface area contributed by atoms with Crippen molar-refractivity contribution in [3.63, 3.8) is 0 Å². The second-order valence-corrected chi connectivity index (χ2v) is 5.96. The molecule has 4 nitrogen and oxygen atoms in total. The monoisotopic (exact) mass is 296 g/mol. The fraction of sp³-hybridized carbons (Fsp3) is 0.667. The van der Waals surface area contributed by atoms with Gasteiger partial charge in [0.15, 0.2) is 0 Å². The van der Waals surface area contributed by atoms with Gasteiger partial charge in [-0.05, 0) is 39.1 Å².